The van der Waals surface area contributed by atoms with Gasteiger partial charge in [0.15, 0.2) is 0 Å². The highest BCUT2D eigenvalue weighted by Crippen LogP contribution is 2.23. The van der Waals surface area contributed by atoms with Crippen LogP contribution in [-0.2, 0) is 17.7 Å². The summed E-state index contributed by atoms with van der Waals surface area (Å²) < 4.78 is 5.69. The molecule has 0 saturated carbocycles. The molecule has 1 aliphatic rings. The highest BCUT2D eigenvalue weighted by molar-refractivity contribution is 5.51. The monoisotopic (exact) mass is 262 g/mol. The Kier molecular flexibility index (Phi) is 5.23. The average molecular weight is 262 g/mol. The smallest absolute Gasteiger partial charge is 0.0593 e. The number of fused-ring (bicyclic) bond motifs is 1. The van der Waals surface area contributed by atoms with Gasteiger partial charge in [0.1, 0.15) is 0 Å². The van der Waals surface area contributed by atoms with Crippen LogP contribution in [0.25, 0.3) is 0 Å². The van der Waals surface area contributed by atoms with E-state index in [-0.39, 0.29) is 0 Å². The van der Waals surface area contributed by atoms with Gasteiger partial charge in [-0.05, 0) is 36.0 Å². The van der Waals surface area contributed by atoms with Gasteiger partial charge in [0.05, 0.1) is 6.61 Å². The second-order valence-electron chi connectivity index (χ2n) is 5.81. The number of hydrogen-bond acceptors (Lipinski definition) is 3. The van der Waals surface area contributed by atoms with E-state index in [0.29, 0.717) is 0 Å². The summed E-state index contributed by atoms with van der Waals surface area (Å²) in [6, 6.07) is 6.25. The Labute approximate surface area is 116 Å². The SMILES string of the molecule is CC(C)CCOCCN1CCc2c(N)cccc2C1. The molecule has 0 atom stereocenters. The minimum Gasteiger partial charge on any atom is -0.398 e. The lowest BCUT2D eigenvalue weighted by Gasteiger charge is -2.29. The lowest BCUT2D eigenvalue weighted by Crippen LogP contribution is -2.33. The van der Waals surface area contributed by atoms with Gasteiger partial charge in [0, 0.05) is 31.9 Å². The zero-order chi connectivity index (χ0) is 13.7. The minimum absolute atomic E-state index is 0.727. The summed E-state index contributed by atoms with van der Waals surface area (Å²) in [7, 11) is 0. The van der Waals surface area contributed by atoms with Crippen LogP contribution in [0.5, 0.6) is 0 Å². The maximum absolute atomic E-state index is 6.01. The molecule has 1 aromatic carbocycles. The van der Waals surface area contributed by atoms with Gasteiger partial charge in [0.25, 0.3) is 0 Å². The van der Waals surface area contributed by atoms with Crippen molar-refractivity contribution >= 4 is 5.69 Å². The molecule has 0 bridgehead atoms. The molecule has 106 valence electrons. The van der Waals surface area contributed by atoms with Gasteiger partial charge in [0.2, 0.25) is 0 Å². The predicted molar refractivity (Wildman–Crippen MR) is 80.1 cm³/mol. The lowest BCUT2D eigenvalue weighted by molar-refractivity contribution is 0.0921. The van der Waals surface area contributed by atoms with E-state index in [0.717, 1.165) is 57.3 Å². The van der Waals surface area contributed by atoms with Crippen molar-refractivity contribution in [3.05, 3.63) is 29.3 Å². The fraction of sp³-hybridized carbons (Fsp3) is 0.625. The van der Waals surface area contributed by atoms with Crippen molar-refractivity contribution in [2.45, 2.75) is 33.2 Å². The first-order valence-electron chi connectivity index (χ1n) is 7.33. The standard InChI is InChI=1S/C16H26N2O/c1-13(2)7-10-19-11-9-18-8-6-15-14(12-18)4-3-5-16(15)17/h3-5,13H,6-12,17H2,1-2H3. The summed E-state index contributed by atoms with van der Waals surface area (Å²) in [5.41, 5.74) is 9.69. The molecule has 0 unspecified atom stereocenters. The molecule has 3 heteroatoms. The van der Waals surface area contributed by atoms with Gasteiger partial charge in [-0.15, -0.1) is 0 Å². The minimum atomic E-state index is 0.727. The number of ether oxygens (including phenoxy) is 1. The van der Waals surface area contributed by atoms with Gasteiger partial charge in [-0.3, -0.25) is 4.90 Å². The number of hydrogen-bond donors (Lipinski definition) is 1. The van der Waals surface area contributed by atoms with Gasteiger partial charge >= 0.3 is 0 Å². The molecule has 1 aromatic rings. The Morgan fingerprint density at radius 2 is 2.16 bits per heavy atom. The Bertz CT molecular complexity index is 404. The number of nitrogens with two attached hydrogens (primary N) is 1. The quantitative estimate of drug-likeness (QED) is 0.633. The van der Waals surface area contributed by atoms with Crippen molar-refractivity contribution in [3.8, 4) is 0 Å². The second-order valence-corrected chi connectivity index (χ2v) is 5.81. The molecular formula is C16H26N2O. The van der Waals surface area contributed by atoms with Crippen LogP contribution in [0.2, 0.25) is 0 Å². The normalized spacial score (nSPS) is 15.7. The van der Waals surface area contributed by atoms with E-state index >= 15 is 0 Å². The molecule has 3 nitrogen and oxygen atoms in total. The highest BCUT2D eigenvalue weighted by Gasteiger charge is 2.17. The van der Waals surface area contributed by atoms with Crippen LogP contribution < -0.4 is 5.73 Å². The Morgan fingerprint density at radius 3 is 2.95 bits per heavy atom. The van der Waals surface area contributed by atoms with Crippen LogP contribution in [0.1, 0.15) is 31.4 Å². The number of benzene rings is 1. The molecule has 1 heterocycles. The van der Waals surface area contributed by atoms with E-state index in [4.69, 9.17) is 10.5 Å². The molecule has 0 aromatic heterocycles. The van der Waals surface area contributed by atoms with Gasteiger partial charge < -0.3 is 10.5 Å². The number of rotatable bonds is 6. The van der Waals surface area contributed by atoms with Gasteiger partial charge in [-0.25, -0.2) is 0 Å². The van der Waals surface area contributed by atoms with E-state index in [9.17, 15) is 0 Å². The molecule has 2 rings (SSSR count). The molecular weight excluding hydrogens is 236 g/mol. The molecule has 0 saturated heterocycles. The first-order valence-corrected chi connectivity index (χ1v) is 7.33. The molecule has 2 N–H and O–H groups in total. The molecule has 0 aliphatic carbocycles. The van der Waals surface area contributed by atoms with Gasteiger partial charge in [-0.1, -0.05) is 26.0 Å². The third-order valence-corrected chi connectivity index (χ3v) is 3.77. The van der Waals surface area contributed by atoms with E-state index in [1.165, 1.54) is 11.1 Å². The predicted octanol–water partition coefficient (Wildman–Crippen LogP) is 2.69. The zero-order valence-corrected chi connectivity index (χ0v) is 12.2. The molecule has 0 spiro atoms. The van der Waals surface area contributed by atoms with Crippen molar-refractivity contribution in [1.29, 1.82) is 0 Å². The summed E-state index contributed by atoms with van der Waals surface area (Å²) in [6.07, 6.45) is 2.22. The molecule has 0 fully saturated rings. The largest absolute Gasteiger partial charge is 0.398 e. The van der Waals surface area contributed by atoms with E-state index in [1.54, 1.807) is 0 Å². The molecule has 0 amide bonds. The van der Waals surface area contributed by atoms with E-state index < -0.39 is 0 Å². The van der Waals surface area contributed by atoms with Crippen LogP contribution in [-0.4, -0.2) is 31.2 Å². The Morgan fingerprint density at radius 1 is 1.32 bits per heavy atom. The molecule has 1 aliphatic heterocycles. The fourth-order valence-corrected chi connectivity index (χ4v) is 2.50. The lowest BCUT2D eigenvalue weighted by atomic mass is 9.98. The van der Waals surface area contributed by atoms with Crippen LogP contribution in [0.4, 0.5) is 5.69 Å². The zero-order valence-electron chi connectivity index (χ0n) is 12.2. The summed E-state index contributed by atoms with van der Waals surface area (Å²) in [6.45, 7) is 9.30. The van der Waals surface area contributed by atoms with Gasteiger partial charge in [-0.2, -0.15) is 0 Å². The first kappa shape index (κ1) is 14.4. The van der Waals surface area contributed by atoms with Crippen LogP contribution >= 0.6 is 0 Å². The van der Waals surface area contributed by atoms with E-state index in [2.05, 4.69) is 30.9 Å². The third-order valence-electron chi connectivity index (χ3n) is 3.77. The van der Waals surface area contributed by atoms with Crippen LogP contribution in [0, 0.1) is 5.92 Å². The summed E-state index contributed by atoms with van der Waals surface area (Å²) in [4.78, 5) is 2.46. The molecule has 19 heavy (non-hydrogen) atoms. The maximum atomic E-state index is 6.01. The average Bonchev–Trinajstić information content (AvgIpc) is 2.38. The van der Waals surface area contributed by atoms with Crippen molar-refractivity contribution < 1.29 is 4.74 Å². The van der Waals surface area contributed by atoms with Crippen LogP contribution in [0.3, 0.4) is 0 Å². The Balaban J connectivity index is 1.73. The van der Waals surface area contributed by atoms with Crippen molar-refractivity contribution in [3.63, 3.8) is 0 Å². The summed E-state index contributed by atoms with van der Waals surface area (Å²) >= 11 is 0. The number of nitrogen functional groups attached to an aromatic ring is 1. The van der Waals surface area contributed by atoms with E-state index in [1.807, 2.05) is 6.07 Å². The number of anilines is 1. The van der Waals surface area contributed by atoms with Crippen molar-refractivity contribution in [1.82, 2.24) is 4.90 Å². The second kappa shape index (κ2) is 6.92. The van der Waals surface area contributed by atoms with Crippen LogP contribution in [0.15, 0.2) is 18.2 Å². The van der Waals surface area contributed by atoms with Crippen molar-refractivity contribution in [2.24, 2.45) is 5.92 Å². The maximum Gasteiger partial charge on any atom is 0.0593 e. The van der Waals surface area contributed by atoms with Crippen molar-refractivity contribution in [2.75, 3.05) is 32.0 Å². The number of nitrogens with zero attached hydrogens (tertiary/aromatic N) is 1. The summed E-state index contributed by atoms with van der Waals surface area (Å²) in [5, 5.41) is 0. The first-order chi connectivity index (χ1) is 9.16. The topological polar surface area (TPSA) is 38.5 Å². The highest BCUT2D eigenvalue weighted by atomic mass is 16.5. The summed E-state index contributed by atoms with van der Waals surface area (Å²) in [5.74, 6) is 0.727. The third kappa shape index (κ3) is 4.22. The fourth-order valence-electron chi connectivity index (χ4n) is 2.50. The Hall–Kier alpha value is -1.06. The molecule has 0 radical (unpaired) electrons.